The average Bonchev–Trinajstić information content (AvgIpc) is 2.46. The smallest absolute Gasteiger partial charge is 0.177 e. The number of nitrogens with zero attached hydrogens (tertiary/aromatic N) is 1. The molecule has 12 heavy (non-hydrogen) atoms. The van der Waals surface area contributed by atoms with Gasteiger partial charge in [0.1, 0.15) is 0 Å². The van der Waals surface area contributed by atoms with Crippen molar-refractivity contribution in [3.05, 3.63) is 20.8 Å². The molecule has 1 rings (SSSR count). The van der Waals surface area contributed by atoms with Gasteiger partial charge in [0, 0.05) is 4.47 Å². The number of hydrogen-bond acceptors (Lipinski definition) is 3. The molecule has 62 valence electrons. The molecule has 1 aromatic rings. The van der Waals surface area contributed by atoms with Crippen LogP contribution >= 0.6 is 27.3 Å². The first-order valence-electron chi connectivity index (χ1n) is 3.16. The molecule has 0 fully saturated rings. The molecule has 1 heterocycles. The maximum atomic E-state index is 4.96. The lowest BCUT2D eigenvalue weighted by Crippen LogP contribution is -1.83. The second-order valence-electron chi connectivity index (χ2n) is 1.84. The monoisotopic (exact) mass is 243 g/mol. The predicted octanol–water partition coefficient (Wildman–Crippen LogP) is 2.49. The van der Waals surface area contributed by atoms with E-state index in [9.17, 15) is 0 Å². The normalized spacial score (nSPS) is 10.0. The molecule has 0 saturated heterocycles. The van der Waals surface area contributed by atoms with Crippen LogP contribution in [0.2, 0.25) is 0 Å². The number of thiophene rings is 1. The molecular formula is C8H6BrNOS. The molecule has 0 saturated carbocycles. The molecule has 0 aromatic carbocycles. The zero-order valence-corrected chi connectivity index (χ0v) is 8.56. The fourth-order valence-corrected chi connectivity index (χ4v) is 1.88. The lowest BCUT2D eigenvalue weighted by Gasteiger charge is -1.89. The van der Waals surface area contributed by atoms with Gasteiger partial charge in [-0.3, -0.25) is 0 Å². The second kappa shape index (κ2) is 4.96. The molecule has 0 N–H and O–H groups in total. The van der Waals surface area contributed by atoms with Crippen molar-refractivity contribution < 1.29 is 4.84 Å². The number of terminal acetylenes is 1. The summed E-state index contributed by atoms with van der Waals surface area (Å²) in [6.45, 7) is 0.208. The summed E-state index contributed by atoms with van der Waals surface area (Å²) in [7, 11) is 0. The highest BCUT2D eigenvalue weighted by Gasteiger charge is 1.95. The van der Waals surface area contributed by atoms with E-state index in [4.69, 9.17) is 11.3 Å². The van der Waals surface area contributed by atoms with E-state index in [0.717, 1.165) is 9.35 Å². The van der Waals surface area contributed by atoms with Crippen LogP contribution in [-0.4, -0.2) is 12.8 Å². The van der Waals surface area contributed by atoms with Crippen molar-refractivity contribution in [3.8, 4) is 12.3 Å². The first kappa shape index (κ1) is 9.30. The summed E-state index contributed by atoms with van der Waals surface area (Å²) in [5, 5.41) is 5.64. The molecule has 1 aromatic heterocycles. The highest BCUT2D eigenvalue weighted by molar-refractivity contribution is 9.10. The fourth-order valence-electron chi connectivity index (χ4n) is 0.557. The Morgan fingerprint density at radius 1 is 1.83 bits per heavy atom. The summed E-state index contributed by atoms with van der Waals surface area (Å²) in [5.74, 6) is 2.32. The van der Waals surface area contributed by atoms with E-state index >= 15 is 0 Å². The van der Waals surface area contributed by atoms with Crippen LogP contribution in [0, 0.1) is 12.3 Å². The molecule has 2 nitrogen and oxygen atoms in total. The van der Waals surface area contributed by atoms with E-state index in [2.05, 4.69) is 27.0 Å². The van der Waals surface area contributed by atoms with Crippen molar-refractivity contribution in [2.75, 3.05) is 6.61 Å². The summed E-state index contributed by atoms with van der Waals surface area (Å²) in [6, 6.07) is 1.95. The van der Waals surface area contributed by atoms with Gasteiger partial charge < -0.3 is 4.84 Å². The van der Waals surface area contributed by atoms with Crippen molar-refractivity contribution >= 4 is 33.5 Å². The molecule has 0 amide bonds. The van der Waals surface area contributed by atoms with Crippen LogP contribution in [0.3, 0.4) is 0 Å². The molecule has 0 radical (unpaired) electrons. The molecular weight excluding hydrogens is 238 g/mol. The predicted molar refractivity (Wildman–Crippen MR) is 54.4 cm³/mol. The van der Waals surface area contributed by atoms with Gasteiger partial charge in [0.2, 0.25) is 0 Å². The van der Waals surface area contributed by atoms with E-state index < -0.39 is 0 Å². The van der Waals surface area contributed by atoms with Crippen molar-refractivity contribution in [3.63, 3.8) is 0 Å². The van der Waals surface area contributed by atoms with Crippen LogP contribution in [0.1, 0.15) is 4.88 Å². The molecule has 0 spiro atoms. The SMILES string of the molecule is C#CCO/N=C/c1sccc1Br. The van der Waals surface area contributed by atoms with E-state index in [-0.39, 0.29) is 6.61 Å². The van der Waals surface area contributed by atoms with E-state index in [1.807, 2.05) is 11.4 Å². The van der Waals surface area contributed by atoms with Gasteiger partial charge in [0.15, 0.2) is 6.61 Å². The number of rotatable bonds is 3. The summed E-state index contributed by atoms with van der Waals surface area (Å²) >= 11 is 4.94. The molecule has 0 aliphatic heterocycles. The van der Waals surface area contributed by atoms with Gasteiger partial charge in [-0.15, -0.1) is 17.8 Å². The lowest BCUT2D eigenvalue weighted by atomic mass is 10.5. The summed E-state index contributed by atoms with van der Waals surface area (Å²) in [6.07, 6.45) is 6.59. The molecule has 0 aliphatic carbocycles. The van der Waals surface area contributed by atoms with Crippen molar-refractivity contribution in [2.24, 2.45) is 5.16 Å². The minimum atomic E-state index is 0.208. The molecule has 0 atom stereocenters. The minimum Gasteiger partial charge on any atom is -0.383 e. The van der Waals surface area contributed by atoms with Crippen molar-refractivity contribution in [2.45, 2.75) is 0 Å². The van der Waals surface area contributed by atoms with Gasteiger partial charge in [-0.25, -0.2) is 0 Å². The van der Waals surface area contributed by atoms with Crippen LogP contribution < -0.4 is 0 Å². The Morgan fingerprint density at radius 2 is 2.67 bits per heavy atom. The van der Waals surface area contributed by atoms with Crippen LogP contribution in [0.4, 0.5) is 0 Å². The largest absolute Gasteiger partial charge is 0.383 e. The van der Waals surface area contributed by atoms with Gasteiger partial charge in [0.05, 0.1) is 11.1 Å². The zero-order valence-electron chi connectivity index (χ0n) is 6.16. The van der Waals surface area contributed by atoms with E-state index in [1.54, 1.807) is 17.6 Å². The number of hydrogen-bond donors (Lipinski definition) is 0. The van der Waals surface area contributed by atoms with E-state index in [0.29, 0.717) is 0 Å². The van der Waals surface area contributed by atoms with Gasteiger partial charge in [-0.1, -0.05) is 11.1 Å². The molecule has 0 bridgehead atoms. The first-order valence-corrected chi connectivity index (χ1v) is 4.83. The quantitative estimate of drug-likeness (QED) is 0.346. The van der Waals surface area contributed by atoms with Gasteiger partial charge in [-0.2, -0.15) is 0 Å². The van der Waals surface area contributed by atoms with Gasteiger partial charge >= 0.3 is 0 Å². The summed E-state index contributed by atoms with van der Waals surface area (Å²) in [4.78, 5) is 5.75. The first-order chi connectivity index (χ1) is 5.84. The second-order valence-corrected chi connectivity index (χ2v) is 3.65. The Balaban J connectivity index is 2.47. The Labute approximate surface area is 83.4 Å². The Kier molecular flexibility index (Phi) is 3.85. The van der Waals surface area contributed by atoms with Crippen LogP contribution in [0.15, 0.2) is 21.1 Å². The van der Waals surface area contributed by atoms with Crippen LogP contribution in [0.5, 0.6) is 0 Å². The van der Waals surface area contributed by atoms with Crippen molar-refractivity contribution in [1.82, 2.24) is 0 Å². The standard InChI is InChI=1S/C8H6BrNOS/c1-2-4-11-10-6-8-7(9)3-5-12-8/h1,3,5-6H,4H2/b10-6+. The zero-order chi connectivity index (χ0) is 8.81. The Hall–Kier alpha value is -0.790. The Morgan fingerprint density at radius 3 is 3.25 bits per heavy atom. The molecule has 0 unspecified atom stereocenters. The topological polar surface area (TPSA) is 21.6 Å². The highest BCUT2D eigenvalue weighted by Crippen LogP contribution is 2.20. The van der Waals surface area contributed by atoms with Crippen LogP contribution in [0.25, 0.3) is 0 Å². The minimum absolute atomic E-state index is 0.208. The third kappa shape index (κ3) is 2.68. The third-order valence-electron chi connectivity index (χ3n) is 1.04. The highest BCUT2D eigenvalue weighted by atomic mass is 79.9. The van der Waals surface area contributed by atoms with Crippen molar-refractivity contribution in [1.29, 1.82) is 0 Å². The van der Waals surface area contributed by atoms with Crippen LogP contribution in [-0.2, 0) is 4.84 Å². The van der Waals surface area contributed by atoms with E-state index in [1.165, 1.54) is 0 Å². The summed E-state index contributed by atoms with van der Waals surface area (Å²) in [5.41, 5.74) is 0. The number of halogens is 1. The molecule has 4 heteroatoms. The van der Waals surface area contributed by atoms with Gasteiger partial charge in [-0.05, 0) is 27.4 Å². The van der Waals surface area contributed by atoms with Gasteiger partial charge in [0.25, 0.3) is 0 Å². The number of oxime groups is 1. The maximum absolute atomic E-state index is 4.96. The maximum Gasteiger partial charge on any atom is 0.177 e. The summed E-state index contributed by atoms with van der Waals surface area (Å²) < 4.78 is 1.01. The molecule has 0 aliphatic rings. The third-order valence-corrected chi connectivity index (χ3v) is 2.84. The Bertz CT molecular complexity index is 313. The fraction of sp³-hybridized carbons (Fsp3) is 0.125. The lowest BCUT2D eigenvalue weighted by molar-refractivity contribution is 0.182. The average molecular weight is 244 g/mol.